The van der Waals surface area contributed by atoms with E-state index < -0.39 is 24.1 Å². The van der Waals surface area contributed by atoms with Crippen molar-refractivity contribution >= 4 is 42.1 Å². The van der Waals surface area contributed by atoms with Crippen molar-refractivity contribution in [3.05, 3.63) is 35.4 Å². The molecule has 2 atom stereocenters. The normalized spacial score (nSPS) is 14.7. The first-order valence-corrected chi connectivity index (χ1v) is 16.0. The molecule has 1 aromatic rings. The second-order valence-electron chi connectivity index (χ2n) is 11.0. The van der Waals surface area contributed by atoms with Gasteiger partial charge in [0.05, 0.1) is 52.2 Å². The van der Waals surface area contributed by atoms with Gasteiger partial charge in [0, 0.05) is 25.3 Å². The maximum atomic E-state index is 13.4. The maximum Gasteiger partial charge on any atom is 0.412 e. The first-order chi connectivity index (χ1) is 22.2. The number of carbonyl (C=O) groups excluding carboxylic acids is 4. The van der Waals surface area contributed by atoms with Gasteiger partial charge in [-0.3, -0.25) is 30.4 Å². The first kappa shape index (κ1) is 41.7. The van der Waals surface area contributed by atoms with E-state index in [4.69, 9.17) is 29.1 Å². The van der Waals surface area contributed by atoms with Crippen molar-refractivity contribution in [2.75, 3.05) is 65.9 Å². The van der Waals surface area contributed by atoms with Crippen LogP contribution in [0.4, 0.5) is 4.79 Å². The van der Waals surface area contributed by atoms with Gasteiger partial charge >= 0.3 is 12.1 Å². The van der Waals surface area contributed by atoms with Gasteiger partial charge in [0.15, 0.2) is 0 Å². The van der Waals surface area contributed by atoms with Gasteiger partial charge < -0.3 is 33.9 Å². The van der Waals surface area contributed by atoms with Crippen LogP contribution < -0.4 is 16.0 Å². The Bertz CT molecular complexity index is 1110. The Balaban J connectivity index is 0.0000110. The number of hydrogen-bond acceptors (Lipinski definition) is 11. The Labute approximate surface area is 283 Å². The molecule has 4 N–H and O–H groups in total. The number of esters is 1. The van der Waals surface area contributed by atoms with Gasteiger partial charge in [-0.15, -0.1) is 12.4 Å². The Hall–Kier alpha value is -3.30. The van der Waals surface area contributed by atoms with Crippen LogP contribution in [0.25, 0.3) is 0 Å². The minimum atomic E-state index is -0.764. The number of likely N-dealkylation sites (tertiary alicyclic amines) is 1. The number of amidine groups is 1. The van der Waals surface area contributed by atoms with Crippen molar-refractivity contribution in [3.63, 3.8) is 0 Å². The van der Waals surface area contributed by atoms with E-state index in [0.29, 0.717) is 64.4 Å². The number of nitrogens with zero attached hydrogens (tertiary/aromatic N) is 1. The topological polar surface area (TPSA) is 178 Å². The number of amides is 3. The summed E-state index contributed by atoms with van der Waals surface area (Å²) < 4.78 is 25.9. The van der Waals surface area contributed by atoms with Crippen LogP contribution in [0.5, 0.6) is 0 Å². The highest BCUT2D eigenvalue weighted by Gasteiger charge is 2.37. The zero-order valence-corrected chi connectivity index (χ0v) is 28.8. The van der Waals surface area contributed by atoms with Crippen LogP contribution in [0.1, 0.15) is 58.1 Å². The van der Waals surface area contributed by atoms with Gasteiger partial charge in [-0.2, -0.15) is 0 Å². The van der Waals surface area contributed by atoms with Crippen molar-refractivity contribution in [2.24, 2.45) is 5.92 Å². The number of halogens is 1. The zero-order chi connectivity index (χ0) is 33.7. The fourth-order valence-electron chi connectivity index (χ4n) is 4.75. The summed E-state index contributed by atoms with van der Waals surface area (Å²) >= 11 is 0. The summed E-state index contributed by atoms with van der Waals surface area (Å²) in [5, 5.41) is 16.5. The molecule has 0 radical (unpaired) electrons. The number of rotatable bonds is 21. The third kappa shape index (κ3) is 16.4. The second-order valence-corrected chi connectivity index (χ2v) is 11.0. The Morgan fingerprint density at radius 2 is 1.55 bits per heavy atom. The summed E-state index contributed by atoms with van der Waals surface area (Å²) in [5.74, 6) is -0.800. The molecule has 14 nitrogen and oxygen atoms in total. The third-order valence-corrected chi connectivity index (χ3v) is 6.99. The molecule has 1 aliphatic heterocycles. The summed E-state index contributed by atoms with van der Waals surface area (Å²) in [7, 11) is 0. The van der Waals surface area contributed by atoms with Crippen LogP contribution in [0.3, 0.4) is 0 Å². The van der Waals surface area contributed by atoms with Gasteiger partial charge in [0.25, 0.3) is 0 Å². The number of hydrogen-bond donors (Lipinski definition) is 4. The molecular formula is C32H52ClN5O9. The number of ether oxygens (including phenoxy) is 5. The number of nitrogens with one attached hydrogen (secondary N) is 4. The lowest BCUT2D eigenvalue weighted by Crippen LogP contribution is -2.53. The predicted molar refractivity (Wildman–Crippen MR) is 178 cm³/mol. The lowest BCUT2D eigenvalue weighted by atomic mass is 10.0. The van der Waals surface area contributed by atoms with E-state index in [2.05, 4.69) is 16.0 Å². The third-order valence-electron chi connectivity index (χ3n) is 6.99. The van der Waals surface area contributed by atoms with Gasteiger partial charge in [0.2, 0.25) is 11.8 Å². The minimum Gasteiger partial charge on any atom is -0.465 e. The quantitative estimate of drug-likeness (QED) is 0.0650. The van der Waals surface area contributed by atoms with E-state index in [1.165, 1.54) is 0 Å². The molecule has 1 fully saturated rings. The highest BCUT2D eigenvalue weighted by atomic mass is 35.5. The molecule has 1 saturated heterocycles. The molecule has 0 aromatic heterocycles. The number of alkyl carbamates (subject to hydrolysis) is 1. The summed E-state index contributed by atoms with van der Waals surface area (Å²) in [5.41, 5.74) is 1.25. The van der Waals surface area contributed by atoms with E-state index in [1.807, 2.05) is 20.8 Å². The van der Waals surface area contributed by atoms with Crippen molar-refractivity contribution in [1.29, 1.82) is 5.41 Å². The van der Waals surface area contributed by atoms with E-state index in [9.17, 15) is 19.2 Å². The van der Waals surface area contributed by atoms with Gasteiger partial charge in [0.1, 0.15) is 18.5 Å². The summed E-state index contributed by atoms with van der Waals surface area (Å²) in [6.45, 7) is 11.2. The first-order valence-electron chi connectivity index (χ1n) is 16.0. The molecule has 0 unspecified atom stereocenters. The molecule has 47 heavy (non-hydrogen) atoms. The lowest BCUT2D eigenvalue weighted by Gasteiger charge is -2.29. The number of carbonyl (C=O) groups is 4. The molecule has 2 rings (SSSR count). The zero-order valence-electron chi connectivity index (χ0n) is 28.0. The summed E-state index contributed by atoms with van der Waals surface area (Å²) in [6.07, 6.45) is 1.02. The monoisotopic (exact) mass is 685 g/mol. The molecule has 1 aromatic carbocycles. The molecule has 0 aliphatic carbocycles. The Morgan fingerprint density at radius 3 is 2.17 bits per heavy atom. The molecule has 0 bridgehead atoms. The SMILES string of the molecule is CCOCCOCCOCCOC(=O)NC(=N)c1ccc(CNC(=O)[C@@H]2CCCN2C(=O)[C@@H](CC(C)C)NCC(=O)OCC)cc1.Cl. The second kappa shape index (κ2) is 23.9. The van der Waals surface area contributed by atoms with Gasteiger partial charge in [-0.05, 0) is 44.6 Å². The maximum absolute atomic E-state index is 13.4. The Morgan fingerprint density at radius 1 is 0.915 bits per heavy atom. The van der Waals surface area contributed by atoms with Crippen LogP contribution in [0, 0.1) is 11.3 Å². The van der Waals surface area contributed by atoms with E-state index in [1.54, 1.807) is 36.1 Å². The van der Waals surface area contributed by atoms with Crippen molar-refractivity contribution < 1.29 is 42.9 Å². The molecule has 15 heteroatoms. The smallest absolute Gasteiger partial charge is 0.412 e. The predicted octanol–water partition coefficient (Wildman–Crippen LogP) is 2.40. The molecule has 0 spiro atoms. The Kier molecular flexibility index (Phi) is 21.2. The van der Waals surface area contributed by atoms with Crippen LogP contribution in [-0.4, -0.2) is 113 Å². The van der Waals surface area contributed by atoms with Crippen molar-refractivity contribution in [3.8, 4) is 0 Å². The molecule has 1 heterocycles. The minimum absolute atomic E-state index is 0. The largest absolute Gasteiger partial charge is 0.465 e. The highest BCUT2D eigenvalue weighted by molar-refractivity contribution is 6.04. The molecule has 1 aliphatic rings. The van der Waals surface area contributed by atoms with E-state index in [0.717, 1.165) is 5.56 Å². The van der Waals surface area contributed by atoms with Crippen molar-refractivity contribution in [1.82, 2.24) is 20.9 Å². The van der Waals surface area contributed by atoms with Crippen molar-refractivity contribution in [2.45, 2.75) is 65.6 Å². The van der Waals surface area contributed by atoms with E-state index in [-0.39, 0.29) is 68.9 Å². The van der Waals surface area contributed by atoms with Gasteiger partial charge in [-0.1, -0.05) is 38.1 Å². The van der Waals surface area contributed by atoms with Crippen LogP contribution in [0.15, 0.2) is 24.3 Å². The molecule has 266 valence electrons. The van der Waals surface area contributed by atoms with E-state index >= 15 is 0 Å². The average molecular weight is 686 g/mol. The molecular weight excluding hydrogens is 634 g/mol. The fourth-order valence-corrected chi connectivity index (χ4v) is 4.75. The summed E-state index contributed by atoms with van der Waals surface area (Å²) in [4.78, 5) is 52.0. The van der Waals surface area contributed by atoms with Crippen LogP contribution in [-0.2, 0) is 44.6 Å². The summed E-state index contributed by atoms with van der Waals surface area (Å²) in [6, 6.07) is 5.62. The fraction of sp³-hybridized carbons (Fsp3) is 0.656. The number of benzene rings is 1. The van der Waals surface area contributed by atoms with Crippen LogP contribution >= 0.6 is 12.4 Å². The molecule has 3 amide bonds. The average Bonchev–Trinajstić information content (AvgIpc) is 3.53. The lowest BCUT2D eigenvalue weighted by molar-refractivity contribution is -0.143. The highest BCUT2D eigenvalue weighted by Crippen LogP contribution is 2.21. The molecule has 0 saturated carbocycles. The standard InChI is InChI=1S/C32H51N5O9.ClH/c1-5-42-14-15-43-16-17-44-18-19-46-32(41)36-29(33)25-11-9-24(10-12-25)21-35-30(39)27-8-7-13-37(27)31(40)26(20-23(3)4)34-22-28(38)45-6-2;/h9-12,23,26-27,34H,5-8,13-22H2,1-4H3,(H,35,39)(H2,33,36,41);1H/t26-,27+;/m1./s1. The van der Waals surface area contributed by atoms with Gasteiger partial charge in [-0.25, -0.2) is 4.79 Å². The van der Waals surface area contributed by atoms with Crippen LogP contribution in [0.2, 0.25) is 0 Å².